The lowest BCUT2D eigenvalue weighted by molar-refractivity contribution is 0.0948. The highest BCUT2D eigenvalue weighted by Crippen LogP contribution is 2.00. The monoisotopic (exact) mass is 199 g/mol. The van der Waals surface area contributed by atoms with E-state index in [0.29, 0.717) is 6.54 Å². The van der Waals surface area contributed by atoms with E-state index in [4.69, 9.17) is 11.6 Å². The lowest BCUT2D eigenvalue weighted by atomic mass is 10.4. The van der Waals surface area contributed by atoms with Crippen LogP contribution in [0.3, 0.4) is 0 Å². The Kier molecular flexibility index (Phi) is 3.64. The molecule has 0 saturated carbocycles. The average molecular weight is 200 g/mol. The molecule has 0 fully saturated rings. The van der Waals surface area contributed by atoms with Crippen molar-refractivity contribution in [3.05, 3.63) is 23.2 Å². The molecule has 0 aliphatic carbocycles. The Morgan fingerprint density at radius 3 is 2.85 bits per heavy atom. The van der Waals surface area contributed by atoms with Crippen LogP contribution in [0.25, 0.3) is 0 Å². The maximum atomic E-state index is 11.3. The smallest absolute Gasteiger partial charge is 0.271 e. The highest BCUT2D eigenvalue weighted by atomic mass is 35.5. The topological polar surface area (TPSA) is 54.9 Å². The fourth-order valence-electron chi connectivity index (χ4n) is 0.759. The van der Waals surface area contributed by atoms with Crippen molar-refractivity contribution >= 4 is 17.5 Å². The average Bonchev–Trinajstić information content (AvgIpc) is 2.15. The number of amides is 1. The first-order valence-electron chi connectivity index (χ1n) is 3.99. The molecule has 1 N–H and O–H groups in total. The Labute approximate surface area is 81.3 Å². The molecule has 1 amide bonds. The van der Waals surface area contributed by atoms with Crippen molar-refractivity contribution in [2.75, 3.05) is 6.54 Å². The van der Waals surface area contributed by atoms with Gasteiger partial charge in [0, 0.05) is 6.54 Å². The second-order valence-electron chi connectivity index (χ2n) is 2.48. The highest BCUT2D eigenvalue weighted by Gasteiger charge is 2.05. The zero-order valence-corrected chi connectivity index (χ0v) is 8.01. The number of nitrogens with one attached hydrogen (secondary N) is 1. The molecular formula is C8H10ClN3O. The second kappa shape index (κ2) is 4.77. The molecule has 0 aromatic carbocycles. The van der Waals surface area contributed by atoms with Gasteiger partial charge in [-0.3, -0.25) is 4.79 Å². The van der Waals surface area contributed by atoms with E-state index in [1.807, 2.05) is 6.92 Å². The van der Waals surface area contributed by atoms with Gasteiger partial charge in [-0.2, -0.15) is 0 Å². The number of aromatic nitrogens is 2. The number of carbonyl (C=O) groups excluding carboxylic acids is 1. The zero-order chi connectivity index (χ0) is 9.68. The van der Waals surface area contributed by atoms with E-state index in [1.54, 1.807) is 0 Å². The van der Waals surface area contributed by atoms with Gasteiger partial charge < -0.3 is 5.32 Å². The molecular weight excluding hydrogens is 190 g/mol. The fraction of sp³-hybridized carbons (Fsp3) is 0.375. The van der Waals surface area contributed by atoms with Gasteiger partial charge in [0.1, 0.15) is 10.8 Å². The number of rotatable bonds is 3. The highest BCUT2D eigenvalue weighted by molar-refractivity contribution is 6.29. The molecule has 0 spiro atoms. The molecule has 0 bridgehead atoms. The molecule has 1 rings (SSSR count). The van der Waals surface area contributed by atoms with E-state index in [2.05, 4.69) is 15.3 Å². The molecule has 0 unspecified atom stereocenters. The van der Waals surface area contributed by atoms with Crippen LogP contribution in [0.5, 0.6) is 0 Å². The van der Waals surface area contributed by atoms with Crippen LogP contribution >= 0.6 is 11.6 Å². The van der Waals surface area contributed by atoms with Crippen molar-refractivity contribution in [1.29, 1.82) is 0 Å². The van der Waals surface area contributed by atoms with E-state index in [9.17, 15) is 4.79 Å². The van der Waals surface area contributed by atoms with Gasteiger partial charge in [-0.15, -0.1) is 0 Å². The van der Waals surface area contributed by atoms with Crippen molar-refractivity contribution in [2.24, 2.45) is 0 Å². The Hall–Kier alpha value is -1.16. The van der Waals surface area contributed by atoms with Crippen LogP contribution in [-0.4, -0.2) is 22.4 Å². The van der Waals surface area contributed by atoms with Gasteiger partial charge in [-0.05, 0) is 6.42 Å². The normalized spacial score (nSPS) is 9.69. The molecule has 0 atom stereocenters. The van der Waals surface area contributed by atoms with Crippen LogP contribution in [0.4, 0.5) is 0 Å². The van der Waals surface area contributed by atoms with E-state index in [-0.39, 0.29) is 16.8 Å². The van der Waals surface area contributed by atoms with Crippen molar-refractivity contribution in [3.63, 3.8) is 0 Å². The minimum absolute atomic E-state index is 0.217. The summed E-state index contributed by atoms with van der Waals surface area (Å²) in [6.45, 7) is 2.62. The third-order valence-electron chi connectivity index (χ3n) is 1.39. The summed E-state index contributed by atoms with van der Waals surface area (Å²) in [4.78, 5) is 18.8. The van der Waals surface area contributed by atoms with E-state index in [1.165, 1.54) is 12.4 Å². The number of nitrogens with zero attached hydrogens (tertiary/aromatic N) is 2. The first-order valence-corrected chi connectivity index (χ1v) is 4.37. The minimum atomic E-state index is -0.217. The number of carbonyl (C=O) groups is 1. The SMILES string of the molecule is CCCNC(=O)c1cnc(Cl)cn1. The predicted octanol–water partition coefficient (Wildman–Crippen LogP) is 1.27. The minimum Gasteiger partial charge on any atom is -0.351 e. The van der Waals surface area contributed by atoms with Crippen LogP contribution in [0.15, 0.2) is 12.4 Å². The molecule has 0 radical (unpaired) electrons. The molecule has 1 aromatic heterocycles. The van der Waals surface area contributed by atoms with Crippen molar-refractivity contribution in [3.8, 4) is 0 Å². The molecule has 1 aromatic rings. The quantitative estimate of drug-likeness (QED) is 0.798. The molecule has 0 saturated heterocycles. The van der Waals surface area contributed by atoms with Gasteiger partial charge >= 0.3 is 0 Å². The molecule has 5 heteroatoms. The summed E-state index contributed by atoms with van der Waals surface area (Å²) in [5.74, 6) is -0.217. The molecule has 0 aliphatic heterocycles. The second-order valence-corrected chi connectivity index (χ2v) is 2.87. The van der Waals surface area contributed by atoms with Crippen LogP contribution in [0.1, 0.15) is 23.8 Å². The van der Waals surface area contributed by atoms with E-state index in [0.717, 1.165) is 6.42 Å². The fourth-order valence-corrected chi connectivity index (χ4v) is 0.856. The molecule has 70 valence electrons. The first kappa shape index (κ1) is 9.92. The Morgan fingerprint density at radius 1 is 1.54 bits per heavy atom. The number of hydrogen-bond donors (Lipinski definition) is 1. The Bertz CT molecular complexity index is 286. The van der Waals surface area contributed by atoms with Crippen molar-refractivity contribution < 1.29 is 4.79 Å². The zero-order valence-electron chi connectivity index (χ0n) is 7.25. The third-order valence-corrected chi connectivity index (χ3v) is 1.58. The van der Waals surface area contributed by atoms with Crippen LogP contribution < -0.4 is 5.32 Å². The maximum absolute atomic E-state index is 11.3. The van der Waals surface area contributed by atoms with Gasteiger partial charge in [-0.1, -0.05) is 18.5 Å². The Morgan fingerprint density at radius 2 is 2.31 bits per heavy atom. The summed E-state index contributed by atoms with van der Waals surface area (Å²) < 4.78 is 0. The van der Waals surface area contributed by atoms with Gasteiger partial charge in [0.05, 0.1) is 12.4 Å². The molecule has 13 heavy (non-hydrogen) atoms. The lowest BCUT2D eigenvalue weighted by Gasteiger charge is -2.01. The largest absolute Gasteiger partial charge is 0.351 e. The standard InChI is InChI=1S/C8H10ClN3O/c1-2-3-10-8(13)6-4-12-7(9)5-11-6/h4-5H,2-3H2,1H3,(H,10,13). The van der Waals surface area contributed by atoms with E-state index >= 15 is 0 Å². The molecule has 4 nitrogen and oxygen atoms in total. The summed E-state index contributed by atoms with van der Waals surface area (Å²) in [7, 11) is 0. The van der Waals surface area contributed by atoms with Gasteiger partial charge in [0.25, 0.3) is 5.91 Å². The van der Waals surface area contributed by atoms with Crippen LogP contribution in [0, 0.1) is 0 Å². The number of hydrogen-bond acceptors (Lipinski definition) is 3. The van der Waals surface area contributed by atoms with Crippen molar-refractivity contribution in [1.82, 2.24) is 15.3 Å². The summed E-state index contributed by atoms with van der Waals surface area (Å²) in [6.07, 6.45) is 3.60. The van der Waals surface area contributed by atoms with Gasteiger partial charge in [-0.25, -0.2) is 9.97 Å². The lowest BCUT2D eigenvalue weighted by Crippen LogP contribution is -2.24. The van der Waals surface area contributed by atoms with E-state index < -0.39 is 0 Å². The molecule has 0 aliphatic rings. The summed E-state index contributed by atoms with van der Waals surface area (Å²) in [5.41, 5.74) is 0.290. The summed E-state index contributed by atoms with van der Waals surface area (Å²) >= 11 is 5.52. The maximum Gasteiger partial charge on any atom is 0.271 e. The first-order chi connectivity index (χ1) is 6.24. The van der Waals surface area contributed by atoms with Crippen LogP contribution in [-0.2, 0) is 0 Å². The number of halogens is 1. The third kappa shape index (κ3) is 2.99. The van der Waals surface area contributed by atoms with Gasteiger partial charge in [0.15, 0.2) is 0 Å². The molecule has 1 heterocycles. The summed E-state index contributed by atoms with van der Waals surface area (Å²) in [6, 6.07) is 0. The predicted molar refractivity (Wildman–Crippen MR) is 49.7 cm³/mol. The summed E-state index contributed by atoms with van der Waals surface area (Å²) in [5, 5.41) is 2.97. The van der Waals surface area contributed by atoms with Gasteiger partial charge in [0.2, 0.25) is 0 Å². The Balaban J connectivity index is 2.61. The van der Waals surface area contributed by atoms with Crippen molar-refractivity contribution in [2.45, 2.75) is 13.3 Å². The van der Waals surface area contributed by atoms with Crippen LogP contribution in [0.2, 0.25) is 5.15 Å².